The highest BCUT2D eigenvalue weighted by atomic mass is 35.5. The van der Waals surface area contributed by atoms with Crippen molar-refractivity contribution in [2.45, 2.75) is 17.7 Å². The number of nitriles is 2. The maximum atomic E-state index is 13.3. The molecule has 8 heteroatoms. The number of sulfonamides is 1. The Bertz CT molecular complexity index is 626. The van der Waals surface area contributed by atoms with Crippen molar-refractivity contribution >= 4 is 21.6 Å². The van der Waals surface area contributed by atoms with E-state index in [4.69, 9.17) is 22.1 Å². The normalized spacial score (nSPS) is 11.1. The predicted octanol–water partition coefficient (Wildman–Crippen LogP) is 2.30. The first kappa shape index (κ1) is 16.4. The lowest BCUT2D eigenvalue weighted by molar-refractivity contribution is 0.424. The van der Waals surface area contributed by atoms with E-state index < -0.39 is 15.8 Å². The highest BCUT2D eigenvalue weighted by Gasteiger charge is 2.24. The Morgan fingerprint density at radius 1 is 1.15 bits per heavy atom. The molecule has 0 heterocycles. The van der Waals surface area contributed by atoms with Gasteiger partial charge in [-0.2, -0.15) is 14.8 Å². The smallest absolute Gasteiger partial charge is 0.207 e. The SMILES string of the molecule is N#CCCN(CCC#N)S(=O)(=O)c1cc(F)cc(Cl)c1. The fourth-order valence-electron chi connectivity index (χ4n) is 1.53. The van der Waals surface area contributed by atoms with Gasteiger partial charge in [-0.15, -0.1) is 0 Å². The quantitative estimate of drug-likeness (QED) is 0.806. The number of rotatable bonds is 6. The molecule has 0 amide bonds. The van der Waals surface area contributed by atoms with Crippen molar-refractivity contribution in [2.24, 2.45) is 0 Å². The zero-order valence-corrected chi connectivity index (χ0v) is 12.0. The van der Waals surface area contributed by atoms with E-state index in [9.17, 15) is 12.8 Å². The lowest BCUT2D eigenvalue weighted by Gasteiger charge is -2.20. The van der Waals surface area contributed by atoms with Crippen LogP contribution in [0, 0.1) is 28.5 Å². The van der Waals surface area contributed by atoms with Crippen LogP contribution in [0.3, 0.4) is 0 Å². The molecule has 1 aromatic carbocycles. The molecule has 0 atom stereocenters. The molecule has 1 rings (SSSR count). The number of benzene rings is 1. The minimum absolute atomic E-state index is 0.0201. The molecule has 0 saturated carbocycles. The maximum Gasteiger partial charge on any atom is 0.243 e. The Kier molecular flexibility index (Phi) is 5.90. The molecule has 106 valence electrons. The molecule has 20 heavy (non-hydrogen) atoms. The van der Waals surface area contributed by atoms with Crippen LogP contribution in [-0.4, -0.2) is 25.8 Å². The fourth-order valence-corrected chi connectivity index (χ4v) is 3.31. The molecule has 0 aliphatic carbocycles. The molecular formula is C12H11ClFN3O2S. The zero-order chi connectivity index (χ0) is 15.2. The third-order valence-corrected chi connectivity index (χ3v) is 4.51. The van der Waals surface area contributed by atoms with Crippen LogP contribution in [0.2, 0.25) is 5.02 Å². The van der Waals surface area contributed by atoms with Crippen molar-refractivity contribution < 1.29 is 12.8 Å². The molecule has 0 fully saturated rings. The summed E-state index contributed by atoms with van der Waals surface area (Å²) in [6.07, 6.45) is -0.0403. The molecule has 0 aromatic heterocycles. The summed E-state index contributed by atoms with van der Waals surface area (Å²) in [6, 6.07) is 6.64. The van der Waals surface area contributed by atoms with Gasteiger partial charge >= 0.3 is 0 Å². The summed E-state index contributed by atoms with van der Waals surface area (Å²) >= 11 is 5.64. The van der Waals surface area contributed by atoms with Crippen LogP contribution in [0.1, 0.15) is 12.8 Å². The van der Waals surface area contributed by atoms with Crippen LogP contribution < -0.4 is 0 Å². The topological polar surface area (TPSA) is 85.0 Å². The van der Waals surface area contributed by atoms with E-state index in [1.54, 1.807) is 0 Å². The van der Waals surface area contributed by atoms with Crippen LogP contribution >= 0.6 is 11.6 Å². The van der Waals surface area contributed by atoms with E-state index in [2.05, 4.69) is 0 Å². The number of nitrogens with zero attached hydrogens (tertiary/aromatic N) is 3. The second-order valence-corrected chi connectivity index (χ2v) is 6.20. The second-order valence-electron chi connectivity index (χ2n) is 3.83. The maximum absolute atomic E-state index is 13.3. The van der Waals surface area contributed by atoms with Gasteiger partial charge in [-0.25, -0.2) is 12.8 Å². The summed E-state index contributed by atoms with van der Waals surface area (Å²) in [4.78, 5) is -0.293. The van der Waals surface area contributed by atoms with Gasteiger partial charge < -0.3 is 0 Å². The van der Waals surface area contributed by atoms with Gasteiger partial charge in [0, 0.05) is 31.0 Å². The lowest BCUT2D eigenvalue weighted by atomic mass is 10.3. The largest absolute Gasteiger partial charge is 0.243 e. The fraction of sp³-hybridized carbons (Fsp3) is 0.333. The van der Waals surface area contributed by atoms with E-state index in [0.717, 1.165) is 22.5 Å². The Hall–Kier alpha value is -1.67. The Balaban J connectivity index is 3.14. The molecule has 0 aliphatic rings. The average Bonchev–Trinajstić information content (AvgIpc) is 2.37. The average molecular weight is 316 g/mol. The van der Waals surface area contributed by atoms with E-state index >= 15 is 0 Å². The van der Waals surface area contributed by atoms with Gasteiger partial charge in [0.1, 0.15) is 5.82 Å². The molecule has 5 nitrogen and oxygen atoms in total. The van der Waals surface area contributed by atoms with Crippen molar-refractivity contribution in [3.63, 3.8) is 0 Å². The molecule has 0 spiro atoms. The Morgan fingerprint density at radius 3 is 2.15 bits per heavy atom. The van der Waals surface area contributed by atoms with Gasteiger partial charge in [0.15, 0.2) is 0 Å². The van der Waals surface area contributed by atoms with Crippen LogP contribution in [0.5, 0.6) is 0 Å². The van der Waals surface area contributed by atoms with Crippen molar-refractivity contribution in [3.05, 3.63) is 29.0 Å². The lowest BCUT2D eigenvalue weighted by Crippen LogP contribution is -2.32. The highest BCUT2D eigenvalue weighted by Crippen LogP contribution is 2.22. The summed E-state index contributed by atoms with van der Waals surface area (Å²) in [5, 5.41) is 17.1. The summed E-state index contributed by atoms with van der Waals surface area (Å²) in [6.45, 7) is -0.122. The monoisotopic (exact) mass is 315 g/mol. The van der Waals surface area contributed by atoms with Crippen molar-refractivity contribution in [1.29, 1.82) is 10.5 Å². The van der Waals surface area contributed by atoms with Gasteiger partial charge in [-0.3, -0.25) is 0 Å². The Morgan fingerprint density at radius 2 is 1.70 bits per heavy atom. The van der Waals surface area contributed by atoms with Crippen LogP contribution in [0.25, 0.3) is 0 Å². The Labute approximate surface area is 121 Å². The standard InChI is InChI=1S/C12H11ClFN3O2S/c13-10-7-11(14)9-12(8-10)20(18,19)17(5-1-3-15)6-2-4-16/h7-9H,1-2,5-6H2. The van der Waals surface area contributed by atoms with Crippen LogP contribution in [0.15, 0.2) is 23.1 Å². The van der Waals surface area contributed by atoms with Gasteiger partial charge in [-0.05, 0) is 18.2 Å². The third kappa shape index (κ3) is 4.17. The summed E-state index contributed by atoms with van der Waals surface area (Å²) < 4.78 is 38.9. The molecule has 1 aromatic rings. The van der Waals surface area contributed by atoms with Gasteiger partial charge in [0.25, 0.3) is 0 Å². The van der Waals surface area contributed by atoms with E-state index in [1.165, 1.54) is 0 Å². The van der Waals surface area contributed by atoms with Crippen molar-refractivity contribution in [2.75, 3.05) is 13.1 Å². The molecular weight excluding hydrogens is 305 g/mol. The summed E-state index contributed by atoms with van der Waals surface area (Å²) in [5.74, 6) is -0.767. The van der Waals surface area contributed by atoms with Gasteiger partial charge in [0.05, 0.1) is 17.0 Å². The summed E-state index contributed by atoms with van der Waals surface area (Å²) in [7, 11) is -3.98. The number of hydrogen-bond acceptors (Lipinski definition) is 4. The van der Waals surface area contributed by atoms with Gasteiger partial charge in [-0.1, -0.05) is 11.6 Å². The summed E-state index contributed by atoms with van der Waals surface area (Å²) in [5.41, 5.74) is 0. The number of halogens is 2. The van der Waals surface area contributed by atoms with Crippen LogP contribution in [-0.2, 0) is 10.0 Å². The van der Waals surface area contributed by atoms with Crippen LogP contribution in [0.4, 0.5) is 4.39 Å². The van der Waals surface area contributed by atoms with Gasteiger partial charge in [0.2, 0.25) is 10.0 Å². The third-order valence-electron chi connectivity index (χ3n) is 2.42. The van der Waals surface area contributed by atoms with E-state index in [0.29, 0.717) is 0 Å². The first-order chi connectivity index (χ1) is 9.41. The minimum atomic E-state index is -3.98. The van der Waals surface area contributed by atoms with Crippen molar-refractivity contribution in [3.8, 4) is 12.1 Å². The zero-order valence-electron chi connectivity index (χ0n) is 10.4. The molecule has 0 saturated heterocycles. The molecule has 0 radical (unpaired) electrons. The van der Waals surface area contributed by atoms with E-state index in [1.807, 2.05) is 12.1 Å². The molecule has 0 unspecified atom stereocenters. The van der Waals surface area contributed by atoms with Crippen molar-refractivity contribution in [1.82, 2.24) is 4.31 Å². The van der Waals surface area contributed by atoms with E-state index in [-0.39, 0.29) is 35.8 Å². The second kappa shape index (κ2) is 7.20. The first-order valence-corrected chi connectivity index (χ1v) is 7.43. The first-order valence-electron chi connectivity index (χ1n) is 5.62. The minimum Gasteiger partial charge on any atom is -0.207 e. The molecule has 0 N–H and O–H groups in total. The molecule has 0 bridgehead atoms. The number of hydrogen-bond donors (Lipinski definition) is 0. The molecule has 0 aliphatic heterocycles. The predicted molar refractivity (Wildman–Crippen MR) is 70.6 cm³/mol. The highest BCUT2D eigenvalue weighted by molar-refractivity contribution is 7.89.